The van der Waals surface area contributed by atoms with Gasteiger partial charge in [-0.3, -0.25) is 0 Å². The lowest BCUT2D eigenvalue weighted by atomic mass is 10.1. The van der Waals surface area contributed by atoms with Gasteiger partial charge in [0.25, 0.3) is 0 Å². The summed E-state index contributed by atoms with van der Waals surface area (Å²) >= 11 is 24.1. The fourth-order valence-corrected chi connectivity index (χ4v) is 2.91. The molecular weight excluding hydrogens is 362 g/mol. The Morgan fingerprint density at radius 3 is 1.36 bits per heavy atom. The minimum Gasteiger partial charge on any atom is -0.155 e. The van der Waals surface area contributed by atoms with E-state index < -0.39 is 0 Å². The maximum atomic E-state index is 6.15. The van der Waals surface area contributed by atoms with Crippen molar-refractivity contribution in [1.29, 1.82) is 0 Å². The minimum absolute atomic E-state index is 0.533. The molecule has 22 heavy (non-hydrogen) atoms. The van der Waals surface area contributed by atoms with Gasteiger partial charge in [-0.1, -0.05) is 58.5 Å². The van der Waals surface area contributed by atoms with Crippen LogP contribution in [-0.2, 0) is 0 Å². The van der Waals surface area contributed by atoms with Gasteiger partial charge in [-0.2, -0.15) is 10.2 Å². The Morgan fingerprint density at radius 1 is 0.682 bits per heavy atom. The first-order valence-electron chi connectivity index (χ1n) is 6.38. The molecule has 0 aliphatic carbocycles. The molecule has 0 saturated carbocycles. The van der Waals surface area contributed by atoms with Crippen molar-refractivity contribution in [2.45, 2.75) is 13.8 Å². The van der Waals surface area contributed by atoms with E-state index in [0.29, 0.717) is 31.5 Å². The van der Waals surface area contributed by atoms with Crippen LogP contribution in [0.3, 0.4) is 0 Å². The average Bonchev–Trinajstić information content (AvgIpc) is 2.44. The molecular formula is C16H12Cl4N2. The molecule has 0 aliphatic heterocycles. The van der Waals surface area contributed by atoms with Crippen LogP contribution >= 0.6 is 46.4 Å². The van der Waals surface area contributed by atoms with Gasteiger partial charge in [0, 0.05) is 21.2 Å². The normalized spacial score (nSPS) is 12.6. The first-order chi connectivity index (χ1) is 10.4. The molecule has 0 bridgehead atoms. The highest BCUT2D eigenvalue weighted by molar-refractivity contribution is 6.37. The van der Waals surface area contributed by atoms with Crippen LogP contribution in [0.1, 0.15) is 25.0 Å². The van der Waals surface area contributed by atoms with Crippen molar-refractivity contribution in [2.75, 3.05) is 0 Å². The van der Waals surface area contributed by atoms with Crippen molar-refractivity contribution < 1.29 is 0 Å². The van der Waals surface area contributed by atoms with Gasteiger partial charge in [0.15, 0.2) is 0 Å². The Kier molecular flexibility index (Phi) is 5.87. The zero-order chi connectivity index (χ0) is 16.3. The summed E-state index contributed by atoms with van der Waals surface area (Å²) < 4.78 is 0. The SMILES string of the molecule is C/C(=N\N=C(/C)c1ccc(Cl)cc1Cl)c1ccc(Cl)cc1Cl. The van der Waals surface area contributed by atoms with Crippen LogP contribution in [0.4, 0.5) is 0 Å². The molecule has 0 unspecified atom stereocenters. The number of nitrogens with zero attached hydrogens (tertiary/aromatic N) is 2. The summed E-state index contributed by atoms with van der Waals surface area (Å²) in [5, 5.41) is 10.6. The monoisotopic (exact) mass is 372 g/mol. The van der Waals surface area contributed by atoms with Gasteiger partial charge in [0.05, 0.1) is 21.5 Å². The third kappa shape index (κ3) is 4.23. The Morgan fingerprint density at radius 2 is 1.05 bits per heavy atom. The zero-order valence-corrected chi connectivity index (χ0v) is 14.9. The first kappa shape index (κ1) is 17.3. The van der Waals surface area contributed by atoms with Gasteiger partial charge in [0.1, 0.15) is 0 Å². The van der Waals surface area contributed by atoms with Crippen LogP contribution < -0.4 is 0 Å². The summed E-state index contributed by atoms with van der Waals surface area (Å²) in [6.07, 6.45) is 0. The maximum absolute atomic E-state index is 6.15. The maximum Gasteiger partial charge on any atom is 0.0686 e. The van der Waals surface area contributed by atoms with Crippen LogP contribution in [0, 0.1) is 0 Å². The van der Waals surface area contributed by atoms with Gasteiger partial charge in [0.2, 0.25) is 0 Å². The van der Waals surface area contributed by atoms with Crippen LogP contribution in [0.15, 0.2) is 46.6 Å². The Bertz CT molecular complexity index is 701. The molecule has 0 atom stereocenters. The van der Waals surface area contributed by atoms with Gasteiger partial charge in [-0.05, 0) is 38.1 Å². The molecule has 114 valence electrons. The molecule has 2 rings (SSSR count). The molecule has 0 aliphatic rings. The van der Waals surface area contributed by atoms with E-state index in [9.17, 15) is 0 Å². The van der Waals surface area contributed by atoms with Crippen molar-refractivity contribution in [2.24, 2.45) is 10.2 Å². The summed E-state index contributed by atoms with van der Waals surface area (Å²) in [6.45, 7) is 3.66. The highest BCUT2D eigenvalue weighted by Gasteiger charge is 2.06. The molecule has 0 N–H and O–H groups in total. The number of benzene rings is 2. The van der Waals surface area contributed by atoms with Crippen molar-refractivity contribution in [3.05, 3.63) is 67.6 Å². The smallest absolute Gasteiger partial charge is 0.0686 e. The Balaban J connectivity index is 2.32. The highest BCUT2D eigenvalue weighted by Crippen LogP contribution is 2.23. The molecule has 6 heteroatoms. The van der Waals surface area contributed by atoms with Crippen LogP contribution in [0.2, 0.25) is 20.1 Å². The third-order valence-corrected chi connectivity index (χ3v) is 4.09. The van der Waals surface area contributed by atoms with E-state index in [1.165, 1.54) is 0 Å². The third-order valence-electron chi connectivity index (χ3n) is 2.99. The molecule has 2 aromatic rings. The molecule has 0 spiro atoms. The van der Waals surface area contributed by atoms with Crippen LogP contribution in [0.5, 0.6) is 0 Å². The lowest BCUT2D eigenvalue weighted by molar-refractivity contribution is 1.22. The molecule has 0 aromatic heterocycles. The molecule has 0 fully saturated rings. The number of rotatable bonds is 3. The van der Waals surface area contributed by atoms with E-state index in [0.717, 1.165) is 11.1 Å². The van der Waals surface area contributed by atoms with Crippen molar-refractivity contribution in [3.63, 3.8) is 0 Å². The van der Waals surface area contributed by atoms with E-state index >= 15 is 0 Å². The second kappa shape index (κ2) is 7.47. The van der Waals surface area contributed by atoms with Crippen LogP contribution in [0.25, 0.3) is 0 Å². The molecule has 2 nitrogen and oxygen atoms in total. The topological polar surface area (TPSA) is 24.7 Å². The Labute approximate surface area is 149 Å². The first-order valence-corrected chi connectivity index (χ1v) is 7.89. The van der Waals surface area contributed by atoms with E-state index in [1.807, 2.05) is 26.0 Å². The zero-order valence-electron chi connectivity index (χ0n) is 11.9. The second-order valence-corrected chi connectivity index (χ2v) is 6.31. The largest absolute Gasteiger partial charge is 0.155 e. The van der Waals surface area contributed by atoms with E-state index in [4.69, 9.17) is 46.4 Å². The van der Waals surface area contributed by atoms with Crippen molar-refractivity contribution in [1.82, 2.24) is 0 Å². The summed E-state index contributed by atoms with van der Waals surface area (Å²) in [4.78, 5) is 0. The van der Waals surface area contributed by atoms with Gasteiger partial charge >= 0.3 is 0 Å². The summed E-state index contributed by atoms with van der Waals surface area (Å²) in [7, 11) is 0. The molecule has 0 radical (unpaired) electrons. The summed E-state index contributed by atoms with van der Waals surface area (Å²) in [6, 6.07) is 10.5. The fraction of sp³-hybridized carbons (Fsp3) is 0.125. The molecule has 0 amide bonds. The van der Waals surface area contributed by atoms with Gasteiger partial charge in [-0.25, -0.2) is 0 Å². The summed E-state index contributed by atoms with van der Waals surface area (Å²) in [5.41, 5.74) is 2.94. The molecule has 0 saturated heterocycles. The average molecular weight is 374 g/mol. The molecule has 2 aromatic carbocycles. The van der Waals surface area contributed by atoms with E-state index in [2.05, 4.69) is 10.2 Å². The van der Waals surface area contributed by atoms with Crippen molar-refractivity contribution in [3.8, 4) is 0 Å². The second-order valence-electron chi connectivity index (χ2n) is 4.62. The lowest BCUT2D eigenvalue weighted by Crippen LogP contribution is -1.98. The molecule has 0 heterocycles. The number of halogens is 4. The standard InChI is InChI=1S/C16H12Cl4N2/c1-9(13-5-3-11(17)7-15(13)19)21-22-10(2)14-6-4-12(18)8-16(14)20/h3-8H,1-2H3/b21-9+,22-10+. The fourth-order valence-electron chi connectivity index (χ4n) is 1.82. The highest BCUT2D eigenvalue weighted by atomic mass is 35.5. The minimum atomic E-state index is 0.533. The van der Waals surface area contributed by atoms with Gasteiger partial charge in [-0.15, -0.1) is 0 Å². The van der Waals surface area contributed by atoms with E-state index in [-0.39, 0.29) is 0 Å². The van der Waals surface area contributed by atoms with Gasteiger partial charge < -0.3 is 0 Å². The summed E-state index contributed by atoms with van der Waals surface area (Å²) in [5.74, 6) is 0. The number of hydrogen-bond acceptors (Lipinski definition) is 2. The lowest BCUT2D eigenvalue weighted by Gasteiger charge is -2.04. The van der Waals surface area contributed by atoms with E-state index in [1.54, 1.807) is 24.3 Å². The van der Waals surface area contributed by atoms with Crippen molar-refractivity contribution >= 4 is 57.8 Å². The van der Waals surface area contributed by atoms with Crippen LogP contribution in [-0.4, -0.2) is 11.4 Å². The predicted molar refractivity (Wildman–Crippen MR) is 97.3 cm³/mol. The predicted octanol–water partition coefficient (Wildman–Crippen LogP) is 6.53. The Hall–Kier alpha value is -1.06. The number of hydrogen-bond donors (Lipinski definition) is 0. The quantitative estimate of drug-likeness (QED) is 0.431.